The van der Waals surface area contributed by atoms with E-state index in [9.17, 15) is 14.4 Å². The van der Waals surface area contributed by atoms with Crippen LogP contribution in [0.15, 0.2) is 21.0 Å². The van der Waals surface area contributed by atoms with Crippen LogP contribution in [0.1, 0.15) is 65.3 Å². The lowest BCUT2D eigenvalue weighted by atomic mass is 10.1. The van der Waals surface area contributed by atoms with Crippen LogP contribution in [0.4, 0.5) is 0 Å². The van der Waals surface area contributed by atoms with Crippen LogP contribution >= 0.6 is 11.3 Å². The number of aryl methyl sites for hydroxylation is 3. The van der Waals surface area contributed by atoms with Crippen molar-refractivity contribution in [1.29, 1.82) is 0 Å². The molecular weight excluding hydrogens is 402 g/mol. The molecule has 4 rings (SSSR count). The summed E-state index contributed by atoms with van der Waals surface area (Å²) in [5, 5.41) is 6.25. The molecule has 30 heavy (non-hydrogen) atoms. The minimum Gasteiger partial charge on any atom is -0.352 e. The van der Waals surface area contributed by atoms with Crippen LogP contribution < -0.4 is 16.6 Å². The number of nitrogens with one attached hydrogen (secondary N) is 2. The van der Waals surface area contributed by atoms with E-state index in [1.54, 1.807) is 17.4 Å². The van der Waals surface area contributed by atoms with Crippen LogP contribution in [-0.4, -0.2) is 32.0 Å². The van der Waals surface area contributed by atoms with Gasteiger partial charge in [-0.3, -0.25) is 19.1 Å². The molecule has 1 aliphatic carbocycles. The number of H-pyrrole nitrogens is 1. The van der Waals surface area contributed by atoms with Gasteiger partial charge < -0.3 is 5.32 Å². The van der Waals surface area contributed by atoms with Gasteiger partial charge in [-0.15, -0.1) is 11.3 Å². The minimum atomic E-state index is -0.571. The van der Waals surface area contributed by atoms with Crippen LogP contribution in [0.3, 0.4) is 0 Å². The highest BCUT2D eigenvalue weighted by atomic mass is 32.1. The minimum absolute atomic E-state index is 0.177. The van der Waals surface area contributed by atoms with E-state index in [4.69, 9.17) is 0 Å². The summed E-state index contributed by atoms with van der Waals surface area (Å²) in [7, 11) is 0. The highest BCUT2D eigenvalue weighted by Gasteiger charge is 2.28. The van der Waals surface area contributed by atoms with E-state index >= 15 is 0 Å². The van der Waals surface area contributed by atoms with Gasteiger partial charge in [-0.25, -0.2) is 14.8 Å². The molecule has 0 saturated heterocycles. The smallest absolute Gasteiger partial charge is 0.329 e. The molecule has 0 atom stereocenters. The Morgan fingerprint density at radius 1 is 1.30 bits per heavy atom. The number of hydrogen-bond acceptors (Lipinski definition) is 6. The number of unbranched alkanes of at least 4 members (excludes halogenated alkanes) is 1. The highest BCUT2D eigenvalue weighted by molar-refractivity contribution is 7.09. The molecule has 0 bridgehead atoms. The maximum atomic E-state index is 12.9. The van der Waals surface area contributed by atoms with E-state index in [0.717, 1.165) is 48.5 Å². The number of aromatic nitrogens is 4. The third-order valence-electron chi connectivity index (χ3n) is 5.29. The van der Waals surface area contributed by atoms with E-state index < -0.39 is 11.2 Å². The van der Waals surface area contributed by atoms with E-state index in [0.29, 0.717) is 30.2 Å². The lowest BCUT2D eigenvalue weighted by Crippen LogP contribution is -2.33. The Labute approximate surface area is 177 Å². The first-order valence-corrected chi connectivity index (χ1v) is 11.2. The van der Waals surface area contributed by atoms with E-state index in [1.807, 2.05) is 19.2 Å². The maximum Gasteiger partial charge on any atom is 0.329 e. The summed E-state index contributed by atoms with van der Waals surface area (Å²) < 4.78 is 1.41. The summed E-state index contributed by atoms with van der Waals surface area (Å²) >= 11 is 1.66. The average molecular weight is 428 g/mol. The number of nitrogens with zero attached hydrogens (tertiary/aromatic N) is 3. The Balaban J connectivity index is 1.54. The van der Waals surface area contributed by atoms with Crippen LogP contribution in [0, 0.1) is 6.92 Å². The summed E-state index contributed by atoms with van der Waals surface area (Å²) in [5.41, 5.74) is 1.33. The average Bonchev–Trinajstić information content (AvgIpc) is 3.49. The Bertz CT molecular complexity index is 1210. The molecular formula is C21H25N5O3S. The number of fused-ring (bicyclic) bond motifs is 1. The molecule has 158 valence electrons. The van der Waals surface area contributed by atoms with Crippen molar-refractivity contribution >= 4 is 28.3 Å². The molecule has 3 aromatic heterocycles. The van der Waals surface area contributed by atoms with Gasteiger partial charge in [0.2, 0.25) is 0 Å². The van der Waals surface area contributed by atoms with Crippen molar-refractivity contribution in [2.45, 2.75) is 58.4 Å². The third-order valence-corrected chi connectivity index (χ3v) is 6.32. The monoisotopic (exact) mass is 427 g/mol. The van der Waals surface area contributed by atoms with Gasteiger partial charge in [0.15, 0.2) is 5.65 Å². The number of carbonyl (C=O) groups is 1. The molecule has 9 heteroatoms. The van der Waals surface area contributed by atoms with Crippen molar-refractivity contribution in [2.24, 2.45) is 0 Å². The molecule has 0 aliphatic heterocycles. The Morgan fingerprint density at radius 2 is 2.10 bits per heavy atom. The van der Waals surface area contributed by atoms with E-state index in [-0.39, 0.29) is 11.3 Å². The molecule has 3 heterocycles. The second kappa shape index (κ2) is 8.51. The van der Waals surface area contributed by atoms with Crippen molar-refractivity contribution < 1.29 is 4.79 Å². The predicted molar refractivity (Wildman–Crippen MR) is 116 cm³/mol. The summed E-state index contributed by atoms with van der Waals surface area (Å²) in [6.07, 6.45) is 4.65. The molecule has 1 saturated carbocycles. The molecule has 0 unspecified atom stereocenters. The SMILES string of the molecule is CCn1c(=O)[nH]c(=O)c2c(C(=O)NCCCCc3nc(C)cs3)cc(C3CC3)nc21. The third kappa shape index (κ3) is 4.21. The largest absolute Gasteiger partial charge is 0.352 e. The van der Waals surface area contributed by atoms with Crippen molar-refractivity contribution in [3.05, 3.63) is 54.2 Å². The quantitative estimate of drug-likeness (QED) is 0.537. The molecule has 0 spiro atoms. The Morgan fingerprint density at radius 3 is 2.77 bits per heavy atom. The number of thiazole rings is 1. The van der Waals surface area contributed by atoms with Crippen molar-refractivity contribution in [2.75, 3.05) is 6.54 Å². The predicted octanol–water partition coefficient (Wildman–Crippen LogP) is 2.50. The summed E-state index contributed by atoms with van der Waals surface area (Å²) in [6.45, 7) is 4.67. The first-order valence-electron chi connectivity index (χ1n) is 10.3. The van der Waals surface area contributed by atoms with Gasteiger partial charge in [0.25, 0.3) is 11.5 Å². The van der Waals surface area contributed by atoms with Gasteiger partial charge in [0, 0.05) is 35.8 Å². The zero-order valence-corrected chi connectivity index (χ0v) is 18.0. The van der Waals surface area contributed by atoms with Crippen LogP contribution in [-0.2, 0) is 13.0 Å². The molecule has 1 aliphatic rings. The first kappa shape index (κ1) is 20.5. The van der Waals surface area contributed by atoms with Crippen molar-refractivity contribution in [3.63, 3.8) is 0 Å². The molecule has 1 fully saturated rings. The van der Waals surface area contributed by atoms with Gasteiger partial charge in [-0.2, -0.15) is 0 Å². The molecule has 8 nitrogen and oxygen atoms in total. The molecule has 2 N–H and O–H groups in total. The second-order valence-corrected chi connectivity index (χ2v) is 8.61. The standard InChI is InChI=1S/C21H25N5O3S/c1-3-26-18-17(20(28)25-21(26)29)14(10-15(24-18)13-7-8-13)19(27)22-9-5-4-6-16-23-12(2)11-30-16/h10-11,13H,3-9H2,1-2H3,(H,22,27)(H,25,28,29). The fourth-order valence-corrected chi connectivity index (χ4v) is 4.39. The van der Waals surface area contributed by atoms with Gasteiger partial charge in [-0.05, 0) is 52.0 Å². The second-order valence-electron chi connectivity index (χ2n) is 7.67. The number of hydrogen-bond donors (Lipinski definition) is 2. The first-order chi connectivity index (χ1) is 14.5. The number of rotatable bonds is 8. The number of amides is 1. The summed E-state index contributed by atoms with van der Waals surface area (Å²) in [6, 6.07) is 1.72. The van der Waals surface area contributed by atoms with E-state index in [1.165, 1.54) is 4.57 Å². The summed E-state index contributed by atoms with van der Waals surface area (Å²) in [4.78, 5) is 49.0. The van der Waals surface area contributed by atoms with Gasteiger partial charge in [0.1, 0.15) is 0 Å². The molecule has 3 aromatic rings. The lowest BCUT2D eigenvalue weighted by Gasteiger charge is -2.12. The zero-order chi connectivity index (χ0) is 21.3. The van der Waals surface area contributed by atoms with Crippen molar-refractivity contribution in [1.82, 2.24) is 24.8 Å². The van der Waals surface area contributed by atoms with Crippen molar-refractivity contribution in [3.8, 4) is 0 Å². The Kier molecular flexibility index (Phi) is 5.80. The normalized spacial score (nSPS) is 13.7. The molecule has 0 aromatic carbocycles. The van der Waals surface area contributed by atoms with Gasteiger partial charge >= 0.3 is 5.69 Å². The summed E-state index contributed by atoms with van der Waals surface area (Å²) in [5.74, 6) is -0.0106. The molecule has 0 radical (unpaired) electrons. The fraction of sp³-hybridized carbons (Fsp3) is 0.476. The fourth-order valence-electron chi connectivity index (χ4n) is 3.57. The number of carbonyl (C=O) groups excluding carboxylic acids is 1. The Hall–Kier alpha value is -2.81. The molecule has 1 amide bonds. The number of aromatic amines is 1. The zero-order valence-electron chi connectivity index (χ0n) is 17.2. The van der Waals surface area contributed by atoms with Crippen LogP contribution in [0.2, 0.25) is 0 Å². The van der Waals surface area contributed by atoms with E-state index in [2.05, 4.69) is 20.3 Å². The lowest BCUT2D eigenvalue weighted by molar-refractivity contribution is 0.0954. The van der Waals surface area contributed by atoms with Crippen LogP contribution in [0.5, 0.6) is 0 Å². The highest BCUT2D eigenvalue weighted by Crippen LogP contribution is 2.39. The van der Waals surface area contributed by atoms with Crippen LogP contribution in [0.25, 0.3) is 11.0 Å². The van der Waals surface area contributed by atoms with Gasteiger partial charge in [-0.1, -0.05) is 0 Å². The number of pyridine rings is 1. The topological polar surface area (TPSA) is 110 Å². The van der Waals surface area contributed by atoms with Gasteiger partial charge in [0.05, 0.1) is 16.0 Å². The maximum absolute atomic E-state index is 12.9.